The molecule has 30 heavy (non-hydrogen) atoms. The van der Waals surface area contributed by atoms with Crippen molar-refractivity contribution in [1.82, 2.24) is 19.7 Å². The van der Waals surface area contributed by atoms with Gasteiger partial charge in [0.1, 0.15) is 11.4 Å². The van der Waals surface area contributed by atoms with Crippen molar-refractivity contribution in [2.24, 2.45) is 11.7 Å². The average molecular weight is 425 g/mol. The van der Waals surface area contributed by atoms with E-state index < -0.39 is 5.91 Å². The molecule has 0 aliphatic carbocycles. The molecular weight excluding hydrogens is 405 g/mol. The SMILES string of the molecule is N#C[C@H]1CN(Cc2cscn2)CC[C@H]1n1cc(C(N)=O)c(Nc2ccc(F)cc2)n1. The molecule has 1 aliphatic heterocycles. The standard InChI is InChI=1S/C20H20FN7OS/c21-14-1-3-15(4-2-14)25-20-17(19(23)29)10-28(26-20)18-5-6-27(8-13(18)7-22)9-16-11-30-12-24-16/h1-4,10-13,18H,5-6,8-9H2,(H2,23,29)(H,25,26)/t13-,18+/m0/s1. The van der Waals surface area contributed by atoms with Gasteiger partial charge in [0.2, 0.25) is 0 Å². The van der Waals surface area contributed by atoms with Crippen molar-refractivity contribution >= 4 is 28.7 Å². The van der Waals surface area contributed by atoms with Gasteiger partial charge in [-0.15, -0.1) is 11.3 Å². The molecule has 0 bridgehead atoms. The Balaban J connectivity index is 1.53. The summed E-state index contributed by atoms with van der Waals surface area (Å²) in [6.45, 7) is 2.08. The molecule has 4 rings (SSSR count). The molecule has 1 amide bonds. The highest BCUT2D eigenvalue weighted by Crippen LogP contribution is 2.30. The van der Waals surface area contributed by atoms with Crippen LogP contribution in [0.1, 0.15) is 28.5 Å². The predicted molar refractivity (Wildman–Crippen MR) is 111 cm³/mol. The largest absolute Gasteiger partial charge is 0.365 e. The molecule has 3 aromatic rings. The van der Waals surface area contributed by atoms with Gasteiger partial charge < -0.3 is 11.1 Å². The summed E-state index contributed by atoms with van der Waals surface area (Å²) >= 11 is 1.55. The van der Waals surface area contributed by atoms with Crippen LogP contribution in [0.2, 0.25) is 0 Å². The lowest BCUT2D eigenvalue weighted by molar-refractivity contribution is 0.100. The van der Waals surface area contributed by atoms with Gasteiger partial charge in [-0.2, -0.15) is 10.4 Å². The Morgan fingerprint density at radius 3 is 2.87 bits per heavy atom. The number of nitrogens with zero attached hydrogens (tertiary/aromatic N) is 5. The van der Waals surface area contributed by atoms with E-state index >= 15 is 0 Å². The quantitative estimate of drug-likeness (QED) is 0.628. The Labute approximate surface area is 176 Å². The number of halogens is 1. The number of piperidine rings is 1. The third-order valence-corrected chi connectivity index (χ3v) is 5.77. The molecule has 0 unspecified atom stereocenters. The van der Waals surface area contributed by atoms with Crippen LogP contribution in [0.4, 0.5) is 15.9 Å². The topological polar surface area (TPSA) is 113 Å². The monoisotopic (exact) mass is 425 g/mol. The van der Waals surface area contributed by atoms with Crippen LogP contribution in [0, 0.1) is 23.1 Å². The Morgan fingerprint density at radius 2 is 2.20 bits per heavy atom. The molecule has 8 nitrogen and oxygen atoms in total. The molecule has 0 spiro atoms. The van der Waals surface area contributed by atoms with Crippen molar-refractivity contribution in [3.05, 3.63) is 58.4 Å². The number of carbonyl (C=O) groups excluding carboxylic acids is 1. The minimum Gasteiger partial charge on any atom is -0.365 e. The number of thiazole rings is 1. The van der Waals surface area contributed by atoms with E-state index in [9.17, 15) is 14.4 Å². The molecule has 2 atom stereocenters. The van der Waals surface area contributed by atoms with E-state index in [1.165, 1.54) is 12.1 Å². The van der Waals surface area contributed by atoms with Crippen LogP contribution in [-0.4, -0.2) is 38.7 Å². The summed E-state index contributed by atoms with van der Waals surface area (Å²) < 4.78 is 14.8. The number of aromatic nitrogens is 3. The van der Waals surface area contributed by atoms with E-state index in [2.05, 4.69) is 26.4 Å². The summed E-state index contributed by atoms with van der Waals surface area (Å²) in [6.07, 6.45) is 2.29. The smallest absolute Gasteiger partial charge is 0.254 e. The minimum absolute atomic E-state index is 0.177. The third kappa shape index (κ3) is 4.32. The number of hydrogen-bond acceptors (Lipinski definition) is 7. The summed E-state index contributed by atoms with van der Waals surface area (Å²) in [7, 11) is 0. The predicted octanol–water partition coefficient (Wildman–Crippen LogP) is 2.91. The lowest BCUT2D eigenvalue weighted by Gasteiger charge is -2.35. The highest BCUT2D eigenvalue weighted by Gasteiger charge is 2.32. The van der Waals surface area contributed by atoms with Crippen molar-refractivity contribution in [1.29, 1.82) is 5.26 Å². The van der Waals surface area contributed by atoms with Crippen LogP contribution >= 0.6 is 11.3 Å². The van der Waals surface area contributed by atoms with Gasteiger partial charge in [0, 0.05) is 36.9 Å². The zero-order chi connectivity index (χ0) is 21.1. The number of carbonyl (C=O) groups is 1. The molecule has 1 aliphatic rings. The first-order valence-corrected chi connectivity index (χ1v) is 10.4. The second-order valence-corrected chi connectivity index (χ2v) is 7.89. The lowest BCUT2D eigenvalue weighted by atomic mass is 9.93. The summed E-state index contributed by atoms with van der Waals surface area (Å²) in [5, 5.41) is 19.3. The Kier molecular flexibility index (Phi) is 5.74. The Hall–Kier alpha value is -3.29. The third-order valence-electron chi connectivity index (χ3n) is 5.14. The van der Waals surface area contributed by atoms with Gasteiger partial charge >= 0.3 is 0 Å². The first-order valence-electron chi connectivity index (χ1n) is 9.44. The van der Waals surface area contributed by atoms with Gasteiger partial charge in [-0.1, -0.05) is 0 Å². The van der Waals surface area contributed by atoms with E-state index in [1.54, 1.807) is 39.9 Å². The van der Waals surface area contributed by atoms with Crippen molar-refractivity contribution in [2.75, 3.05) is 18.4 Å². The van der Waals surface area contributed by atoms with Crippen LogP contribution in [0.15, 0.2) is 41.4 Å². The molecule has 0 radical (unpaired) electrons. The van der Waals surface area contributed by atoms with E-state index in [0.717, 1.165) is 12.2 Å². The molecule has 154 valence electrons. The van der Waals surface area contributed by atoms with E-state index in [-0.39, 0.29) is 29.2 Å². The Morgan fingerprint density at radius 1 is 1.40 bits per heavy atom. The number of nitrogens with one attached hydrogen (secondary N) is 1. The van der Waals surface area contributed by atoms with Gasteiger partial charge in [-0.3, -0.25) is 14.4 Å². The van der Waals surface area contributed by atoms with Gasteiger partial charge in [0.25, 0.3) is 5.91 Å². The zero-order valence-electron chi connectivity index (χ0n) is 16.0. The van der Waals surface area contributed by atoms with Gasteiger partial charge in [0.15, 0.2) is 5.82 Å². The van der Waals surface area contributed by atoms with Gasteiger partial charge in [0.05, 0.1) is 29.2 Å². The zero-order valence-corrected chi connectivity index (χ0v) is 16.8. The van der Waals surface area contributed by atoms with Crippen LogP contribution in [0.5, 0.6) is 0 Å². The first-order chi connectivity index (χ1) is 14.5. The molecular formula is C20H20FN7OS. The van der Waals surface area contributed by atoms with Crippen molar-refractivity contribution in [3.63, 3.8) is 0 Å². The maximum absolute atomic E-state index is 13.2. The molecule has 1 aromatic carbocycles. The summed E-state index contributed by atoms with van der Waals surface area (Å²) in [5.74, 6) is -0.991. The number of amides is 1. The number of primary amides is 1. The fraction of sp³-hybridized carbons (Fsp3) is 0.300. The maximum Gasteiger partial charge on any atom is 0.254 e. The number of rotatable bonds is 6. The van der Waals surface area contributed by atoms with Crippen LogP contribution in [0.3, 0.4) is 0 Å². The summed E-state index contributed by atoms with van der Waals surface area (Å²) in [6, 6.07) is 7.92. The molecule has 2 aromatic heterocycles. The van der Waals surface area contributed by atoms with Crippen LogP contribution in [0.25, 0.3) is 0 Å². The summed E-state index contributed by atoms with van der Waals surface area (Å²) in [5.41, 5.74) is 9.13. The van der Waals surface area contributed by atoms with Crippen molar-refractivity contribution < 1.29 is 9.18 Å². The molecule has 1 saturated heterocycles. The molecule has 10 heteroatoms. The molecule has 3 N–H and O–H groups in total. The van der Waals surface area contributed by atoms with Crippen molar-refractivity contribution in [3.8, 4) is 6.07 Å². The number of anilines is 2. The molecule has 3 heterocycles. The molecule has 1 fully saturated rings. The molecule has 0 saturated carbocycles. The normalized spacial score (nSPS) is 19.3. The first kappa shape index (κ1) is 20.0. The highest BCUT2D eigenvalue weighted by molar-refractivity contribution is 7.07. The van der Waals surface area contributed by atoms with Crippen LogP contribution in [-0.2, 0) is 6.54 Å². The lowest BCUT2D eigenvalue weighted by Crippen LogP contribution is -2.40. The fourth-order valence-electron chi connectivity index (χ4n) is 3.64. The Bertz CT molecular complexity index is 1060. The highest BCUT2D eigenvalue weighted by atomic mass is 32.1. The number of nitriles is 1. The number of benzene rings is 1. The summed E-state index contributed by atoms with van der Waals surface area (Å²) in [4.78, 5) is 18.4. The number of hydrogen-bond donors (Lipinski definition) is 2. The van der Waals surface area contributed by atoms with Gasteiger partial charge in [-0.05, 0) is 30.7 Å². The maximum atomic E-state index is 13.2. The van der Waals surface area contributed by atoms with E-state index in [0.29, 0.717) is 25.2 Å². The fourth-order valence-corrected chi connectivity index (χ4v) is 4.19. The van der Waals surface area contributed by atoms with E-state index in [4.69, 9.17) is 5.73 Å². The average Bonchev–Trinajstić information content (AvgIpc) is 3.39. The minimum atomic E-state index is -0.625. The number of nitrogens with two attached hydrogens (primary N) is 1. The number of likely N-dealkylation sites (tertiary alicyclic amines) is 1. The second-order valence-electron chi connectivity index (χ2n) is 7.17. The van der Waals surface area contributed by atoms with E-state index in [1.807, 2.05) is 5.38 Å². The van der Waals surface area contributed by atoms with Crippen molar-refractivity contribution in [2.45, 2.75) is 19.0 Å². The van der Waals surface area contributed by atoms with Gasteiger partial charge in [-0.25, -0.2) is 9.37 Å². The van der Waals surface area contributed by atoms with Crippen LogP contribution < -0.4 is 11.1 Å². The second kappa shape index (κ2) is 8.61.